The van der Waals surface area contributed by atoms with Gasteiger partial charge in [0.2, 0.25) is 0 Å². The fourth-order valence-electron chi connectivity index (χ4n) is 2.88. The largest absolute Gasteiger partial charge is 0.342 e. The molecule has 0 saturated carbocycles. The lowest BCUT2D eigenvalue weighted by Gasteiger charge is -2.37. The predicted molar refractivity (Wildman–Crippen MR) is 68.1 cm³/mol. The summed E-state index contributed by atoms with van der Waals surface area (Å²) in [5, 5.41) is 3.41. The zero-order chi connectivity index (χ0) is 10.4. The Morgan fingerprint density at radius 3 is 2.60 bits per heavy atom. The SMILES string of the molecule is Cc1csc(N2C3CCC2CC(Br)C3)n1. The first-order valence-corrected chi connectivity index (χ1v) is 7.38. The van der Waals surface area contributed by atoms with Crippen molar-refractivity contribution in [2.24, 2.45) is 0 Å². The van der Waals surface area contributed by atoms with Crippen LogP contribution in [0.25, 0.3) is 0 Å². The maximum absolute atomic E-state index is 4.63. The van der Waals surface area contributed by atoms with E-state index in [1.54, 1.807) is 11.3 Å². The number of aryl methyl sites for hydroxylation is 1. The first-order valence-electron chi connectivity index (χ1n) is 5.58. The highest BCUT2D eigenvalue weighted by Crippen LogP contribution is 2.42. The number of piperidine rings is 1. The van der Waals surface area contributed by atoms with E-state index in [9.17, 15) is 0 Å². The van der Waals surface area contributed by atoms with Crippen LogP contribution in [0.15, 0.2) is 5.38 Å². The molecule has 0 N–H and O–H groups in total. The zero-order valence-electron chi connectivity index (χ0n) is 8.82. The van der Waals surface area contributed by atoms with E-state index in [0.717, 1.165) is 22.6 Å². The summed E-state index contributed by atoms with van der Waals surface area (Å²) < 4.78 is 0. The van der Waals surface area contributed by atoms with Crippen molar-refractivity contribution in [3.05, 3.63) is 11.1 Å². The Labute approximate surface area is 103 Å². The minimum absolute atomic E-state index is 0.729. The van der Waals surface area contributed by atoms with Crippen LogP contribution in [0.2, 0.25) is 0 Å². The second kappa shape index (κ2) is 3.74. The van der Waals surface area contributed by atoms with Crippen LogP contribution in [0.4, 0.5) is 5.13 Å². The van der Waals surface area contributed by atoms with Crippen LogP contribution in [0.3, 0.4) is 0 Å². The van der Waals surface area contributed by atoms with Crippen LogP contribution in [-0.4, -0.2) is 21.9 Å². The third-order valence-corrected chi connectivity index (χ3v) is 5.22. The van der Waals surface area contributed by atoms with Gasteiger partial charge in [-0.3, -0.25) is 0 Å². The van der Waals surface area contributed by atoms with Crippen molar-refractivity contribution in [2.45, 2.75) is 49.5 Å². The highest BCUT2D eigenvalue weighted by molar-refractivity contribution is 9.09. The molecule has 2 aliphatic heterocycles. The van der Waals surface area contributed by atoms with Crippen molar-refractivity contribution in [1.82, 2.24) is 4.98 Å². The average molecular weight is 287 g/mol. The zero-order valence-corrected chi connectivity index (χ0v) is 11.2. The van der Waals surface area contributed by atoms with Crippen LogP contribution < -0.4 is 4.90 Å². The summed E-state index contributed by atoms with van der Waals surface area (Å²) in [5.41, 5.74) is 1.16. The molecule has 2 saturated heterocycles. The summed E-state index contributed by atoms with van der Waals surface area (Å²) in [6.07, 6.45) is 5.28. The van der Waals surface area contributed by atoms with Crippen molar-refractivity contribution < 1.29 is 0 Å². The van der Waals surface area contributed by atoms with Crippen molar-refractivity contribution in [2.75, 3.05) is 4.90 Å². The lowest BCUT2D eigenvalue weighted by atomic mass is 10.0. The number of hydrogen-bond donors (Lipinski definition) is 0. The molecule has 3 heterocycles. The minimum Gasteiger partial charge on any atom is -0.342 e. The molecule has 0 aromatic carbocycles. The van der Waals surface area contributed by atoms with E-state index in [1.165, 1.54) is 30.8 Å². The van der Waals surface area contributed by atoms with Gasteiger partial charge in [0.25, 0.3) is 0 Å². The van der Waals surface area contributed by atoms with Crippen molar-refractivity contribution in [1.29, 1.82) is 0 Å². The van der Waals surface area contributed by atoms with Crippen molar-refractivity contribution >= 4 is 32.4 Å². The number of aromatic nitrogens is 1. The van der Waals surface area contributed by atoms with E-state index in [1.807, 2.05) is 0 Å². The Kier molecular flexibility index (Phi) is 2.51. The smallest absolute Gasteiger partial charge is 0.185 e. The molecule has 2 bridgehead atoms. The van der Waals surface area contributed by atoms with Gasteiger partial charge in [-0.25, -0.2) is 4.98 Å². The van der Waals surface area contributed by atoms with Crippen molar-refractivity contribution in [3.63, 3.8) is 0 Å². The van der Waals surface area contributed by atoms with E-state index in [2.05, 4.69) is 38.1 Å². The Morgan fingerprint density at radius 1 is 1.40 bits per heavy atom. The van der Waals surface area contributed by atoms with Gasteiger partial charge >= 0.3 is 0 Å². The van der Waals surface area contributed by atoms with Crippen LogP contribution in [-0.2, 0) is 0 Å². The summed E-state index contributed by atoms with van der Waals surface area (Å²) in [4.78, 5) is 7.94. The molecule has 2 atom stereocenters. The molecular formula is C11H15BrN2S. The lowest BCUT2D eigenvalue weighted by Crippen LogP contribution is -2.43. The summed E-state index contributed by atoms with van der Waals surface area (Å²) in [6.45, 7) is 2.08. The Balaban J connectivity index is 1.88. The number of hydrogen-bond acceptors (Lipinski definition) is 3. The molecule has 4 heteroatoms. The van der Waals surface area contributed by atoms with Gasteiger partial charge in [0.05, 0.1) is 5.69 Å². The molecule has 3 rings (SSSR count). The Bertz CT molecular complexity index is 351. The average Bonchev–Trinajstić information content (AvgIpc) is 2.69. The molecule has 2 nitrogen and oxygen atoms in total. The van der Waals surface area contributed by atoms with Gasteiger partial charge in [-0.1, -0.05) is 15.9 Å². The number of rotatable bonds is 1. The lowest BCUT2D eigenvalue weighted by molar-refractivity contribution is 0.482. The van der Waals surface area contributed by atoms with E-state index < -0.39 is 0 Å². The van der Waals surface area contributed by atoms with Crippen LogP contribution in [0.5, 0.6) is 0 Å². The fourth-order valence-corrected chi connectivity index (χ4v) is 4.69. The van der Waals surface area contributed by atoms with Crippen LogP contribution in [0, 0.1) is 6.92 Å². The van der Waals surface area contributed by atoms with E-state index >= 15 is 0 Å². The Hall–Kier alpha value is -0.0900. The highest BCUT2D eigenvalue weighted by Gasteiger charge is 2.40. The number of thiazole rings is 1. The van der Waals surface area contributed by atoms with Crippen LogP contribution in [0.1, 0.15) is 31.4 Å². The van der Waals surface area contributed by atoms with Gasteiger partial charge in [0.15, 0.2) is 5.13 Å². The standard InChI is InChI=1S/C11H15BrN2S/c1-7-6-15-11(13-7)14-9-2-3-10(14)5-8(12)4-9/h6,8-10H,2-5H2,1H3. The van der Waals surface area contributed by atoms with Crippen molar-refractivity contribution in [3.8, 4) is 0 Å². The van der Waals surface area contributed by atoms with Gasteiger partial charge in [0.1, 0.15) is 0 Å². The molecule has 82 valence electrons. The third kappa shape index (κ3) is 1.72. The summed E-state index contributed by atoms with van der Waals surface area (Å²) in [5.74, 6) is 0. The highest BCUT2D eigenvalue weighted by atomic mass is 79.9. The molecule has 1 aromatic heterocycles. The van der Waals surface area contributed by atoms with Gasteiger partial charge in [0, 0.05) is 22.3 Å². The van der Waals surface area contributed by atoms with E-state index in [0.29, 0.717) is 0 Å². The number of alkyl halides is 1. The van der Waals surface area contributed by atoms with E-state index in [-0.39, 0.29) is 0 Å². The first kappa shape index (κ1) is 10.1. The second-order valence-corrected chi connectivity index (χ2v) is 6.76. The predicted octanol–water partition coefficient (Wildman–Crippen LogP) is 3.35. The topological polar surface area (TPSA) is 16.1 Å². The number of fused-ring (bicyclic) bond motifs is 2. The molecule has 0 spiro atoms. The molecule has 2 aliphatic rings. The number of halogens is 1. The minimum atomic E-state index is 0.729. The molecular weight excluding hydrogens is 272 g/mol. The molecule has 0 aliphatic carbocycles. The molecule has 2 unspecified atom stereocenters. The molecule has 15 heavy (non-hydrogen) atoms. The fraction of sp³-hybridized carbons (Fsp3) is 0.727. The second-order valence-electron chi connectivity index (χ2n) is 4.63. The number of anilines is 1. The number of nitrogens with zero attached hydrogens (tertiary/aromatic N) is 2. The summed E-state index contributed by atoms with van der Waals surface area (Å²) in [7, 11) is 0. The molecule has 0 amide bonds. The quantitative estimate of drug-likeness (QED) is 0.736. The first-order chi connectivity index (χ1) is 7.24. The molecule has 2 fully saturated rings. The Morgan fingerprint density at radius 2 is 2.07 bits per heavy atom. The van der Waals surface area contributed by atoms with Gasteiger partial charge in [-0.2, -0.15) is 0 Å². The molecule has 1 aromatic rings. The summed E-state index contributed by atoms with van der Waals surface area (Å²) >= 11 is 5.57. The maximum atomic E-state index is 4.63. The van der Waals surface area contributed by atoms with Gasteiger partial charge < -0.3 is 4.90 Å². The van der Waals surface area contributed by atoms with Gasteiger partial charge in [-0.05, 0) is 32.6 Å². The monoisotopic (exact) mass is 286 g/mol. The van der Waals surface area contributed by atoms with E-state index in [4.69, 9.17) is 0 Å². The third-order valence-electron chi connectivity index (χ3n) is 3.50. The molecule has 0 radical (unpaired) electrons. The normalized spacial score (nSPS) is 34.8. The van der Waals surface area contributed by atoms with Crippen LogP contribution >= 0.6 is 27.3 Å². The van der Waals surface area contributed by atoms with Gasteiger partial charge in [-0.15, -0.1) is 11.3 Å². The maximum Gasteiger partial charge on any atom is 0.185 e. The summed E-state index contributed by atoms with van der Waals surface area (Å²) in [6, 6.07) is 1.47.